The molecular formula is C21H22F3N3O4S. The zero-order valence-corrected chi connectivity index (χ0v) is 18.1. The average Bonchev–Trinajstić information content (AvgIpc) is 2.77. The van der Waals surface area contributed by atoms with Gasteiger partial charge >= 0.3 is 6.18 Å². The van der Waals surface area contributed by atoms with Crippen molar-refractivity contribution in [3.63, 3.8) is 0 Å². The van der Waals surface area contributed by atoms with Crippen molar-refractivity contribution in [1.82, 2.24) is 4.90 Å². The molecule has 2 heterocycles. The molecule has 1 fully saturated rings. The van der Waals surface area contributed by atoms with Crippen molar-refractivity contribution >= 4 is 27.3 Å². The van der Waals surface area contributed by atoms with E-state index in [0.29, 0.717) is 30.2 Å². The van der Waals surface area contributed by atoms with Gasteiger partial charge in [-0.25, -0.2) is 8.42 Å². The molecule has 7 nitrogen and oxygen atoms in total. The average molecular weight is 469 g/mol. The monoisotopic (exact) mass is 469 g/mol. The first-order chi connectivity index (χ1) is 15.0. The third-order valence-corrected chi connectivity index (χ3v) is 6.69. The van der Waals surface area contributed by atoms with Gasteiger partial charge in [0.1, 0.15) is 5.75 Å². The summed E-state index contributed by atoms with van der Waals surface area (Å²) in [5.74, 6) is -0.0398. The fraction of sp³-hybridized carbons (Fsp3) is 0.381. The van der Waals surface area contributed by atoms with Crippen LogP contribution < -0.4 is 13.9 Å². The maximum atomic E-state index is 13.1. The number of carbonyl (C=O) groups is 1. The molecule has 1 atom stereocenters. The fourth-order valence-electron chi connectivity index (χ4n) is 3.91. The van der Waals surface area contributed by atoms with E-state index in [-0.39, 0.29) is 25.5 Å². The van der Waals surface area contributed by atoms with E-state index in [1.165, 1.54) is 6.07 Å². The quantitative estimate of drug-likeness (QED) is 0.691. The number of fused-ring (bicyclic) bond motifs is 1. The Balaban J connectivity index is 1.45. The van der Waals surface area contributed by atoms with Crippen LogP contribution in [0.3, 0.4) is 0 Å². The molecule has 32 heavy (non-hydrogen) atoms. The van der Waals surface area contributed by atoms with Crippen LogP contribution in [0.2, 0.25) is 0 Å². The Bertz CT molecular complexity index is 1120. The Morgan fingerprint density at radius 1 is 1.03 bits per heavy atom. The number of hydrogen-bond acceptors (Lipinski definition) is 5. The van der Waals surface area contributed by atoms with E-state index in [2.05, 4.69) is 0 Å². The molecule has 0 saturated carbocycles. The molecule has 0 aliphatic carbocycles. The van der Waals surface area contributed by atoms with Crippen LogP contribution >= 0.6 is 0 Å². The second kappa shape index (κ2) is 8.19. The lowest BCUT2D eigenvalue weighted by atomic mass is 10.1. The van der Waals surface area contributed by atoms with Crippen molar-refractivity contribution in [2.75, 3.05) is 48.2 Å². The molecule has 1 amide bonds. The van der Waals surface area contributed by atoms with Crippen LogP contribution in [0.4, 0.5) is 24.5 Å². The predicted molar refractivity (Wildman–Crippen MR) is 113 cm³/mol. The Labute approximate surface area is 184 Å². The first-order valence-corrected chi connectivity index (χ1v) is 11.8. The molecule has 0 unspecified atom stereocenters. The van der Waals surface area contributed by atoms with Crippen LogP contribution in [0.25, 0.3) is 0 Å². The number of ether oxygens (including phenoxy) is 1. The van der Waals surface area contributed by atoms with Gasteiger partial charge in [-0.15, -0.1) is 0 Å². The lowest BCUT2D eigenvalue weighted by Gasteiger charge is -2.40. The number of para-hydroxylation sites is 2. The molecule has 0 N–H and O–H groups in total. The Hall–Kier alpha value is -2.95. The number of piperazine rings is 1. The van der Waals surface area contributed by atoms with E-state index in [0.717, 1.165) is 22.7 Å². The van der Waals surface area contributed by atoms with Crippen molar-refractivity contribution in [3.05, 3.63) is 54.1 Å². The molecule has 11 heteroatoms. The normalized spacial score (nSPS) is 19.4. The van der Waals surface area contributed by atoms with Crippen molar-refractivity contribution in [1.29, 1.82) is 0 Å². The fourth-order valence-corrected chi connectivity index (χ4v) is 4.83. The summed E-state index contributed by atoms with van der Waals surface area (Å²) in [6.45, 7) is 1.14. The minimum Gasteiger partial charge on any atom is -0.476 e. The Kier molecular flexibility index (Phi) is 5.70. The van der Waals surface area contributed by atoms with E-state index in [9.17, 15) is 26.4 Å². The highest BCUT2D eigenvalue weighted by molar-refractivity contribution is 7.92. The van der Waals surface area contributed by atoms with Gasteiger partial charge < -0.3 is 14.5 Å². The van der Waals surface area contributed by atoms with E-state index >= 15 is 0 Å². The van der Waals surface area contributed by atoms with Gasteiger partial charge in [0.05, 0.1) is 24.1 Å². The van der Waals surface area contributed by atoms with Gasteiger partial charge in [-0.3, -0.25) is 9.10 Å². The van der Waals surface area contributed by atoms with Crippen molar-refractivity contribution in [3.8, 4) is 5.75 Å². The van der Waals surface area contributed by atoms with Gasteiger partial charge in [0.2, 0.25) is 10.0 Å². The minimum absolute atomic E-state index is 0.136. The largest absolute Gasteiger partial charge is 0.476 e. The molecule has 0 radical (unpaired) electrons. The smallest absolute Gasteiger partial charge is 0.416 e. The van der Waals surface area contributed by atoms with E-state index in [4.69, 9.17) is 4.74 Å². The van der Waals surface area contributed by atoms with Gasteiger partial charge in [-0.1, -0.05) is 18.2 Å². The topological polar surface area (TPSA) is 70.2 Å². The van der Waals surface area contributed by atoms with Crippen LogP contribution in [-0.2, 0) is 21.0 Å². The third-order valence-electron chi connectivity index (χ3n) is 5.54. The van der Waals surface area contributed by atoms with Gasteiger partial charge in [0.25, 0.3) is 5.91 Å². The number of halogens is 3. The van der Waals surface area contributed by atoms with Crippen LogP contribution in [0.1, 0.15) is 5.56 Å². The first kappa shape index (κ1) is 22.3. The summed E-state index contributed by atoms with van der Waals surface area (Å²) >= 11 is 0. The summed E-state index contributed by atoms with van der Waals surface area (Å²) in [7, 11) is -3.61. The number of rotatable bonds is 3. The summed E-state index contributed by atoms with van der Waals surface area (Å²) < 4.78 is 70.5. The molecule has 2 aromatic rings. The van der Waals surface area contributed by atoms with Crippen LogP contribution in [0, 0.1) is 0 Å². The number of carbonyl (C=O) groups excluding carboxylic acids is 1. The van der Waals surface area contributed by atoms with Crippen molar-refractivity contribution in [2.24, 2.45) is 0 Å². The molecule has 172 valence electrons. The molecule has 0 aromatic heterocycles. The first-order valence-electron chi connectivity index (χ1n) is 9.98. The third kappa shape index (κ3) is 4.47. The highest BCUT2D eigenvalue weighted by atomic mass is 32.2. The van der Waals surface area contributed by atoms with Crippen LogP contribution in [-0.4, -0.2) is 64.3 Å². The lowest BCUT2D eigenvalue weighted by molar-refractivity contribution is -0.139. The molecule has 1 saturated heterocycles. The molecule has 0 spiro atoms. The second-order valence-corrected chi connectivity index (χ2v) is 9.64. The summed E-state index contributed by atoms with van der Waals surface area (Å²) in [4.78, 5) is 16.4. The zero-order valence-electron chi connectivity index (χ0n) is 17.2. The van der Waals surface area contributed by atoms with Crippen molar-refractivity contribution in [2.45, 2.75) is 12.3 Å². The summed E-state index contributed by atoms with van der Waals surface area (Å²) in [5.41, 5.74) is 0.107. The zero-order chi connectivity index (χ0) is 23.1. The molecule has 2 aliphatic rings. The number of benzene rings is 2. The number of amides is 1. The van der Waals surface area contributed by atoms with Crippen LogP contribution in [0.5, 0.6) is 5.75 Å². The predicted octanol–water partition coefficient (Wildman–Crippen LogP) is 2.58. The summed E-state index contributed by atoms with van der Waals surface area (Å²) in [5, 5.41) is 0. The second-order valence-electron chi connectivity index (χ2n) is 7.73. The van der Waals surface area contributed by atoms with Gasteiger partial charge in [0.15, 0.2) is 6.10 Å². The van der Waals surface area contributed by atoms with Crippen LogP contribution in [0.15, 0.2) is 48.5 Å². The number of anilines is 2. The highest BCUT2D eigenvalue weighted by Crippen LogP contribution is 2.35. The van der Waals surface area contributed by atoms with E-state index < -0.39 is 27.9 Å². The maximum Gasteiger partial charge on any atom is 0.416 e. The van der Waals surface area contributed by atoms with Crippen molar-refractivity contribution < 1.29 is 31.1 Å². The van der Waals surface area contributed by atoms with Gasteiger partial charge in [0, 0.05) is 31.9 Å². The summed E-state index contributed by atoms with van der Waals surface area (Å²) in [6.07, 6.45) is -4.35. The van der Waals surface area contributed by atoms with Gasteiger partial charge in [-0.05, 0) is 30.3 Å². The number of alkyl halides is 3. The number of sulfonamides is 1. The van der Waals surface area contributed by atoms with Gasteiger partial charge in [-0.2, -0.15) is 13.2 Å². The highest BCUT2D eigenvalue weighted by Gasteiger charge is 2.38. The minimum atomic E-state index is -4.42. The number of hydrogen-bond donors (Lipinski definition) is 0. The Morgan fingerprint density at radius 3 is 2.38 bits per heavy atom. The lowest BCUT2D eigenvalue weighted by Crippen LogP contribution is -2.56. The molecule has 4 rings (SSSR count). The SMILES string of the molecule is CS(=O)(=O)N1C[C@@H](C(=O)N2CCN(c3cccc(C(F)(F)F)c3)CC2)Oc2ccccc21. The maximum absolute atomic E-state index is 13.1. The Morgan fingerprint density at radius 2 is 1.72 bits per heavy atom. The van der Waals surface area contributed by atoms with E-state index in [1.807, 2.05) is 0 Å². The number of nitrogens with zero attached hydrogens (tertiary/aromatic N) is 3. The molecule has 0 bridgehead atoms. The summed E-state index contributed by atoms with van der Waals surface area (Å²) in [6, 6.07) is 11.7. The molecule has 2 aromatic carbocycles. The standard InChI is InChI=1S/C21H22F3N3O4S/c1-32(29,30)27-14-19(31-18-8-3-2-7-17(18)27)20(28)26-11-9-25(10-12-26)16-6-4-5-15(13-16)21(22,23)24/h2-8,13,19H,9-12,14H2,1H3/t19-/m0/s1. The molecular weight excluding hydrogens is 447 g/mol. The molecule has 2 aliphatic heterocycles. The van der Waals surface area contributed by atoms with E-state index in [1.54, 1.807) is 40.1 Å².